The molecule has 3 nitrogen and oxygen atoms in total. The molecule has 6 aromatic carbocycles. The molecule has 196 valence electrons. The second kappa shape index (κ2) is 8.94. The van der Waals surface area contributed by atoms with Gasteiger partial charge in [0.15, 0.2) is 5.58 Å². The van der Waals surface area contributed by atoms with E-state index in [1.165, 1.54) is 27.8 Å². The number of anilines is 3. The average Bonchev–Trinajstić information content (AvgIpc) is 3.55. The molecule has 0 aliphatic heterocycles. The molecule has 0 N–H and O–H groups in total. The fourth-order valence-corrected chi connectivity index (χ4v) is 6.41. The van der Waals surface area contributed by atoms with Crippen molar-refractivity contribution in [3.63, 3.8) is 0 Å². The Morgan fingerprint density at radius 2 is 1.32 bits per heavy atom. The van der Waals surface area contributed by atoms with Crippen molar-refractivity contribution in [3.8, 4) is 22.3 Å². The maximum Gasteiger partial charge on any atom is 0.307 e. The van der Waals surface area contributed by atoms with Gasteiger partial charge in [0, 0.05) is 10.8 Å². The molecule has 0 saturated carbocycles. The minimum Gasteiger partial charge on any atom is -0.422 e. The van der Waals surface area contributed by atoms with Gasteiger partial charge in [0.1, 0.15) is 5.52 Å². The first kappa shape index (κ1) is 23.7. The summed E-state index contributed by atoms with van der Waals surface area (Å²) in [5, 5.41) is 2.20. The molecule has 1 aliphatic carbocycles. The summed E-state index contributed by atoms with van der Waals surface area (Å²) >= 11 is 0. The molecule has 1 aliphatic rings. The summed E-state index contributed by atoms with van der Waals surface area (Å²) in [6.07, 6.45) is 0. The molecule has 7 aromatic rings. The van der Waals surface area contributed by atoms with Crippen LogP contribution in [0.4, 0.5) is 17.4 Å². The second-order valence-electron chi connectivity index (χ2n) is 11.3. The predicted molar refractivity (Wildman–Crippen MR) is 169 cm³/mol. The highest BCUT2D eigenvalue weighted by Gasteiger charge is 2.35. The number of benzene rings is 6. The zero-order valence-corrected chi connectivity index (χ0v) is 23.0. The van der Waals surface area contributed by atoms with Gasteiger partial charge in [-0.05, 0) is 69.1 Å². The molecular weight excluding hydrogens is 500 g/mol. The van der Waals surface area contributed by atoms with Gasteiger partial charge >= 0.3 is 6.01 Å². The van der Waals surface area contributed by atoms with Crippen LogP contribution in [0.3, 0.4) is 0 Å². The van der Waals surface area contributed by atoms with Crippen LogP contribution in [-0.2, 0) is 5.41 Å². The standard InChI is InChI=1S/C38H28N2O/c1-38(2)33-18-9-8-17-31(33)32-24-29(20-21-34(32)38)40(28-15-10-14-27(23-28)25-11-4-3-5-12-25)37-39-35-22-19-26-13-6-7-16-30(26)36(35)41-37/h3-24H,1-2H3. The summed E-state index contributed by atoms with van der Waals surface area (Å²) in [7, 11) is 0. The van der Waals surface area contributed by atoms with Crippen LogP contribution in [0.5, 0.6) is 0 Å². The summed E-state index contributed by atoms with van der Waals surface area (Å²) in [6, 6.07) is 47.6. The van der Waals surface area contributed by atoms with Gasteiger partial charge in [-0.2, -0.15) is 4.98 Å². The highest BCUT2D eigenvalue weighted by molar-refractivity contribution is 6.03. The molecule has 0 atom stereocenters. The third-order valence-corrected chi connectivity index (χ3v) is 8.50. The molecule has 0 fully saturated rings. The van der Waals surface area contributed by atoms with Crippen LogP contribution in [0.1, 0.15) is 25.0 Å². The maximum atomic E-state index is 6.64. The number of aromatic nitrogens is 1. The molecule has 41 heavy (non-hydrogen) atoms. The Bertz CT molecular complexity index is 2090. The summed E-state index contributed by atoms with van der Waals surface area (Å²) in [6.45, 7) is 4.62. The van der Waals surface area contributed by atoms with Crippen LogP contribution in [-0.4, -0.2) is 4.98 Å². The summed E-state index contributed by atoms with van der Waals surface area (Å²) < 4.78 is 6.64. The zero-order chi connectivity index (χ0) is 27.6. The Labute approximate surface area is 239 Å². The van der Waals surface area contributed by atoms with Gasteiger partial charge in [-0.3, -0.25) is 4.90 Å². The van der Waals surface area contributed by atoms with E-state index < -0.39 is 0 Å². The van der Waals surface area contributed by atoms with Crippen molar-refractivity contribution in [1.29, 1.82) is 0 Å². The Balaban J connectivity index is 1.36. The van der Waals surface area contributed by atoms with E-state index in [0.29, 0.717) is 6.01 Å². The molecular formula is C38H28N2O. The smallest absolute Gasteiger partial charge is 0.307 e. The van der Waals surface area contributed by atoms with E-state index in [-0.39, 0.29) is 5.41 Å². The molecule has 0 radical (unpaired) electrons. The molecule has 0 bridgehead atoms. The highest BCUT2D eigenvalue weighted by atomic mass is 16.4. The second-order valence-corrected chi connectivity index (χ2v) is 11.3. The molecule has 0 spiro atoms. The fraction of sp³-hybridized carbons (Fsp3) is 0.0789. The number of nitrogens with zero attached hydrogens (tertiary/aromatic N) is 2. The number of hydrogen-bond donors (Lipinski definition) is 0. The Morgan fingerprint density at radius 3 is 2.22 bits per heavy atom. The van der Waals surface area contributed by atoms with Crippen molar-refractivity contribution >= 4 is 39.3 Å². The van der Waals surface area contributed by atoms with Crippen molar-refractivity contribution in [3.05, 3.63) is 145 Å². The van der Waals surface area contributed by atoms with Crippen molar-refractivity contribution in [2.75, 3.05) is 4.90 Å². The molecule has 3 heteroatoms. The average molecular weight is 529 g/mol. The number of hydrogen-bond acceptors (Lipinski definition) is 3. The first-order valence-electron chi connectivity index (χ1n) is 14.1. The van der Waals surface area contributed by atoms with E-state index >= 15 is 0 Å². The van der Waals surface area contributed by atoms with E-state index in [1.807, 2.05) is 18.2 Å². The van der Waals surface area contributed by atoms with Crippen molar-refractivity contribution in [2.24, 2.45) is 0 Å². The lowest BCUT2D eigenvalue weighted by Crippen LogP contribution is -2.15. The van der Waals surface area contributed by atoms with Crippen molar-refractivity contribution < 1.29 is 4.42 Å². The van der Waals surface area contributed by atoms with Crippen LogP contribution >= 0.6 is 0 Å². The lowest BCUT2D eigenvalue weighted by molar-refractivity contribution is 0.611. The van der Waals surface area contributed by atoms with Gasteiger partial charge in [-0.25, -0.2) is 0 Å². The van der Waals surface area contributed by atoms with Gasteiger partial charge in [-0.15, -0.1) is 0 Å². The molecule has 1 aromatic heterocycles. The van der Waals surface area contributed by atoms with E-state index in [1.54, 1.807) is 0 Å². The lowest BCUT2D eigenvalue weighted by atomic mass is 9.82. The highest BCUT2D eigenvalue weighted by Crippen LogP contribution is 2.50. The van der Waals surface area contributed by atoms with Gasteiger partial charge < -0.3 is 4.42 Å². The maximum absolute atomic E-state index is 6.64. The Kier molecular flexibility index (Phi) is 5.17. The fourth-order valence-electron chi connectivity index (χ4n) is 6.41. The van der Waals surface area contributed by atoms with Crippen LogP contribution in [0.25, 0.3) is 44.1 Å². The van der Waals surface area contributed by atoms with E-state index in [2.05, 4.69) is 134 Å². The van der Waals surface area contributed by atoms with Crippen molar-refractivity contribution in [1.82, 2.24) is 4.98 Å². The number of oxazole rings is 1. The lowest BCUT2D eigenvalue weighted by Gasteiger charge is -2.24. The molecule has 1 heterocycles. The van der Waals surface area contributed by atoms with Gasteiger partial charge in [0.2, 0.25) is 0 Å². The van der Waals surface area contributed by atoms with Crippen LogP contribution < -0.4 is 4.90 Å². The number of fused-ring (bicyclic) bond motifs is 6. The first-order chi connectivity index (χ1) is 20.1. The largest absolute Gasteiger partial charge is 0.422 e. The molecule has 0 unspecified atom stereocenters. The normalized spacial score (nSPS) is 13.3. The molecule has 0 amide bonds. The first-order valence-corrected chi connectivity index (χ1v) is 14.1. The third-order valence-electron chi connectivity index (χ3n) is 8.50. The molecule has 8 rings (SSSR count). The van der Waals surface area contributed by atoms with E-state index in [0.717, 1.165) is 38.8 Å². The van der Waals surface area contributed by atoms with Crippen LogP contribution in [0.2, 0.25) is 0 Å². The van der Waals surface area contributed by atoms with Crippen LogP contribution in [0, 0.1) is 0 Å². The summed E-state index contributed by atoms with van der Waals surface area (Å²) in [4.78, 5) is 7.19. The van der Waals surface area contributed by atoms with Crippen molar-refractivity contribution in [2.45, 2.75) is 19.3 Å². The van der Waals surface area contributed by atoms with E-state index in [4.69, 9.17) is 9.40 Å². The number of rotatable bonds is 4. The third kappa shape index (κ3) is 3.70. The SMILES string of the molecule is CC1(C)c2ccccc2-c2cc(N(c3cccc(-c4ccccc4)c3)c3nc4ccc5ccccc5c4o3)ccc21. The minimum absolute atomic E-state index is 0.0565. The summed E-state index contributed by atoms with van der Waals surface area (Å²) in [5.74, 6) is 0. The molecule has 0 saturated heterocycles. The Morgan fingerprint density at radius 1 is 0.585 bits per heavy atom. The minimum atomic E-state index is -0.0565. The topological polar surface area (TPSA) is 29.3 Å². The van der Waals surface area contributed by atoms with Gasteiger partial charge in [0.05, 0.1) is 11.4 Å². The van der Waals surface area contributed by atoms with Crippen LogP contribution in [0.15, 0.2) is 138 Å². The monoisotopic (exact) mass is 528 g/mol. The van der Waals surface area contributed by atoms with Gasteiger partial charge in [-0.1, -0.05) is 117 Å². The Hall–Kier alpha value is -5.15. The van der Waals surface area contributed by atoms with E-state index in [9.17, 15) is 0 Å². The van der Waals surface area contributed by atoms with Gasteiger partial charge in [0.25, 0.3) is 0 Å². The zero-order valence-electron chi connectivity index (χ0n) is 23.0. The predicted octanol–water partition coefficient (Wildman–Crippen LogP) is 10.4. The summed E-state index contributed by atoms with van der Waals surface area (Å²) in [5.41, 5.74) is 11.1. The quantitative estimate of drug-likeness (QED) is 0.228.